The lowest BCUT2D eigenvalue weighted by molar-refractivity contribution is -0.138. The molecule has 1 aromatic carbocycles. The zero-order chi connectivity index (χ0) is 13.3. The van der Waals surface area contributed by atoms with E-state index in [9.17, 15) is 13.2 Å². The van der Waals surface area contributed by atoms with Crippen molar-refractivity contribution in [2.45, 2.75) is 44.3 Å². The van der Waals surface area contributed by atoms with Gasteiger partial charge in [0.05, 0.1) is 5.56 Å². The Morgan fingerprint density at radius 2 is 1.83 bits per heavy atom. The average molecular weight is 257 g/mol. The fourth-order valence-electron chi connectivity index (χ4n) is 2.84. The van der Waals surface area contributed by atoms with Gasteiger partial charge in [-0.2, -0.15) is 13.2 Å². The summed E-state index contributed by atoms with van der Waals surface area (Å²) in [6, 6.07) is 5.66. The Hall–Kier alpha value is -1.03. The second-order valence-corrected chi connectivity index (χ2v) is 5.27. The minimum absolute atomic E-state index is 0.162. The largest absolute Gasteiger partial charge is 0.416 e. The maximum absolute atomic E-state index is 13.0. The van der Waals surface area contributed by atoms with Crippen molar-refractivity contribution in [2.24, 2.45) is 11.7 Å². The predicted molar refractivity (Wildman–Crippen MR) is 65.2 cm³/mol. The van der Waals surface area contributed by atoms with Crippen LogP contribution in [0.2, 0.25) is 0 Å². The van der Waals surface area contributed by atoms with E-state index in [1.807, 2.05) is 0 Å². The zero-order valence-corrected chi connectivity index (χ0v) is 10.4. The highest BCUT2D eigenvalue weighted by molar-refractivity contribution is 5.34. The van der Waals surface area contributed by atoms with Crippen molar-refractivity contribution in [2.75, 3.05) is 0 Å². The summed E-state index contributed by atoms with van der Waals surface area (Å²) in [5, 5.41) is 0. The van der Waals surface area contributed by atoms with Crippen LogP contribution in [-0.4, -0.2) is 6.04 Å². The maximum atomic E-state index is 13.0. The molecule has 0 saturated heterocycles. The molecule has 1 aromatic rings. The Morgan fingerprint density at radius 1 is 1.17 bits per heavy atom. The Kier molecular flexibility index (Phi) is 3.66. The lowest BCUT2D eigenvalue weighted by Gasteiger charge is -2.34. The van der Waals surface area contributed by atoms with Crippen molar-refractivity contribution >= 4 is 0 Å². The third-order valence-electron chi connectivity index (χ3n) is 3.83. The van der Waals surface area contributed by atoms with E-state index in [1.165, 1.54) is 6.07 Å². The van der Waals surface area contributed by atoms with Crippen LogP contribution in [0.25, 0.3) is 0 Å². The number of hydrogen-bond donors (Lipinski definition) is 1. The lowest BCUT2D eigenvalue weighted by Crippen LogP contribution is -2.35. The first-order valence-electron chi connectivity index (χ1n) is 6.31. The smallest absolute Gasteiger partial charge is 0.327 e. The van der Waals surface area contributed by atoms with Crippen LogP contribution in [0.3, 0.4) is 0 Å². The molecule has 1 saturated carbocycles. The number of alkyl halides is 3. The average Bonchev–Trinajstić information content (AvgIpc) is 2.31. The van der Waals surface area contributed by atoms with Crippen molar-refractivity contribution in [1.29, 1.82) is 0 Å². The summed E-state index contributed by atoms with van der Waals surface area (Å²) in [5.41, 5.74) is 5.85. The van der Waals surface area contributed by atoms with Gasteiger partial charge < -0.3 is 5.73 Å². The van der Waals surface area contributed by atoms with Gasteiger partial charge in [-0.05, 0) is 42.7 Å². The second kappa shape index (κ2) is 4.92. The summed E-state index contributed by atoms with van der Waals surface area (Å²) in [6.07, 6.45) is -1.74. The van der Waals surface area contributed by atoms with Gasteiger partial charge in [0.25, 0.3) is 0 Å². The summed E-state index contributed by atoms with van der Waals surface area (Å²) in [4.78, 5) is 0. The van der Waals surface area contributed by atoms with Crippen molar-refractivity contribution < 1.29 is 13.2 Å². The lowest BCUT2D eigenvalue weighted by atomic mass is 9.74. The highest BCUT2D eigenvalue weighted by atomic mass is 19.4. The number of hydrogen-bond acceptors (Lipinski definition) is 1. The molecule has 2 rings (SSSR count). The van der Waals surface area contributed by atoms with E-state index in [4.69, 9.17) is 5.73 Å². The molecule has 0 aromatic heterocycles. The van der Waals surface area contributed by atoms with Crippen LogP contribution >= 0.6 is 0 Å². The zero-order valence-electron chi connectivity index (χ0n) is 10.4. The number of rotatable bonds is 1. The van der Waals surface area contributed by atoms with Crippen molar-refractivity contribution in [1.82, 2.24) is 0 Å². The van der Waals surface area contributed by atoms with Crippen LogP contribution in [0.4, 0.5) is 13.2 Å². The minimum atomic E-state index is -4.29. The van der Waals surface area contributed by atoms with Gasteiger partial charge >= 0.3 is 6.18 Å². The minimum Gasteiger partial charge on any atom is -0.327 e. The number of halogens is 3. The second-order valence-electron chi connectivity index (χ2n) is 5.27. The Balaban J connectivity index is 2.38. The number of nitrogens with two attached hydrogens (primary N) is 1. The van der Waals surface area contributed by atoms with Gasteiger partial charge in [-0.1, -0.05) is 25.1 Å². The molecule has 0 amide bonds. The molecule has 1 aliphatic rings. The van der Waals surface area contributed by atoms with Crippen LogP contribution in [0, 0.1) is 5.92 Å². The molecular formula is C14H18F3N. The molecular weight excluding hydrogens is 239 g/mol. The molecule has 0 radical (unpaired) electrons. The number of benzene rings is 1. The summed E-state index contributed by atoms with van der Waals surface area (Å²) in [7, 11) is 0. The van der Waals surface area contributed by atoms with E-state index >= 15 is 0 Å². The van der Waals surface area contributed by atoms with Gasteiger partial charge in [-0.3, -0.25) is 0 Å². The van der Waals surface area contributed by atoms with E-state index in [-0.39, 0.29) is 12.0 Å². The fourth-order valence-corrected chi connectivity index (χ4v) is 2.84. The maximum Gasteiger partial charge on any atom is 0.416 e. The molecule has 1 nitrogen and oxygen atoms in total. The van der Waals surface area contributed by atoms with E-state index in [0.29, 0.717) is 11.5 Å². The standard InChI is InChI=1S/C14H18F3N/c1-9-6-7-13(18)11(8-9)10-4-2-3-5-12(10)14(15,16)17/h2-5,9,11,13H,6-8,18H2,1H3. The van der Waals surface area contributed by atoms with E-state index in [1.54, 1.807) is 12.1 Å². The van der Waals surface area contributed by atoms with Crippen molar-refractivity contribution in [3.63, 3.8) is 0 Å². The van der Waals surface area contributed by atoms with Gasteiger partial charge in [0.15, 0.2) is 0 Å². The molecule has 0 bridgehead atoms. The molecule has 18 heavy (non-hydrogen) atoms. The molecule has 1 fully saturated rings. The van der Waals surface area contributed by atoms with E-state index < -0.39 is 11.7 Å². The van der Waals surface area contributed by atoms with Gasteiger partial charge in [-0.15, -0.1) is 0 Å². The van der Waals surface area contributed by atoms with Crippen LogP contribution < -0.4 is 5.73 Å². The molecule has 0 spiro atoms. The molecule has 4 heteroatoms. The summed E-state index contributed by atoms with van der Waals surface area (Å²) < 4.78 is 39.0. The van der Waals surface area contributed by atoms with Gasteiger partial charge in [0.1, 0.15) is 0 Å². The van der Waals surface area contributed by atoms with E-state index in [2.05, 4.69) is 6.92 Å². The van der Waals surface area contributed by atoms with E-state index in [0.717, 1.165) is 25.3 Å². The monoisotopic (exact) mass is 257 g/mol. The third kappa shape index (κ3) is 2.69. The first kappa shape index (κ1) is 13.4. The molecule has 2 N–H and O–H groups in total. The highest BCUT2D eigenvalue weighted by Crippen LogP contribution is 2.41. The normalized spacial score (nSPS) is 29.3. The van der Waals surface area contributed by atoms with Crippen LogP contribution in [0.15, 0.2) is 24.3 Å². The molecule has 0 heterocycles. The van der Waals surface area contributed by atoms with Gasteiger partial charge in [0.2, 0.25) is 0 Å². The van der Waals surface area contributed by atoms with Crippen molar-refractivity contribution in [3.05, 3.63) is 35.4 Å². The predicted octanol–water partition coefficient (Wildman–Crippen LogP) is 3.94. The third-order valence-corrected chi connectivity index (χ3v) is 3.83. The molecule has 100 valence electrons. The Labute approximate surface area is 105 Å². The SMILES string of the molecule is CC1CCC(N)C(c2ccccc2C(F)(F)F)C1. The Bertz CT molecular complexity index is 414. The fraction of sp³-hybridized carbons (Fsp3) is 0.571. The van der Waals surface area contributed by atoms with Crippen molar-refractivity contribution in [3.8, 4) is 0 Å². The first-order valence-corrected chi connectivity index (χ1v) is 6.31. The van der Waals surface area contributed by atoms with Gasteiger partial charge in [-0.25, -0.2) is 0 Å². The van der Waals surface area contributed by atoms with Crippen LogP contribution in [0.5, 0.6) is 0 Å². The van der Waals surface area contributed by atoms with Crippen LogP contribution in [-0.2, 0) is 6.18 Å². The first-order chi connectivity index (χ1) is 8.39. The Morgan fingerprint density at radius 3 is 2.50 bits per heavy atom. The quantitative estimate of drug-likeness (QED) is 0.810. The summed E-state index contributed by atoms with van der Waals surface area (Å²) in [5.74, 6) is 0.266. The molecule has 1 aliphatic carbocycles. The topological polar surface area (TPSA) is 26.0 Å². The highest BCUT2D eigenvalue weighted by Gasteiger charge is 2.37. The summed E-state index contributed by atoms with van der Waals surface area (Å²) in [6.45, 7) is 2.08. The van der Waals surface area contributed by atoms with Gasteiger partial charge in [0, 0.05) is 6.04 Å². The summed E-state index contributed by atoms with van der Waals surface area (Å²) >= 11 is 0. The molecule has 3 unspecified atom stereocenters. The van der Waals surface area contributed by atoms with Crippen LogP contribution in [0.1, 0.15) is 43.2 Å². The molecule has 0 aliphatic heterocycles. The molecule has 3 atom stereocenters.